The van der Waals surface area contributed by atoms with E-state index in [2.05, 4.69) is 10.6 Å². The van der Waals surface area contributed by atoms with Crippen LogP contribution in [0.5, 0.6) is 0 Å². The molecule has 0 aromatic heterocycles. The van der Waals surface area contributed by atoms with Crippen LogP contribution in [0.2, 0.25) is 5.02 Å². The molecule has 2 N–H and O–H groups in total. The average Bonchev–Trinajstić information content (AvgIpc) is 3.21. The molecule has 6 heteroatoms. The number of amides is 2. The smallest absolute Gasteiger partial charge is 0.254 e. The summed E-state index contributed by atoms with van der Waals surface area (Å²) < 4.78 is 13.4. The van der Waals surface area contributed by atoms with Crippen LogP contribution < -0.4 is 10.6 Å². The van der Waals surface area contributed by atoms with Gasteiger partial charge in [-0.3, -0.25) is 9.59 Å². The number of nitrogens with one attached hydrogen (secondary N) is 2. The predicted octanol–water partition coefficient (Wildman–Crippen LogP) is 1.74. The van der Waals surface area contributed by atoms with E-state index in [1.54, 1.807) is 0 Å². The van der Waals surface area contributed by atoms with Crippen molar-refractivity contribution in [2.45, 2.75) is 12.8 Å². The maximum Gasteiger partial charge on any atom is 0.254 e. The van der Waals surface area contributed by atoms with Crippen LogP contribution in [0.25, 0.3) is 0 Å². The fourth-order valence-electron chi connectivity index (χ4n) is 1.62. The van der Waals surface area contributed by atoms with E-state index in [4.69, 9.17) is 11.6 Å². The molecule has 0 aliphatic heterocycles. The molecule has 0 bridgehead atoms. The van der Waals surface area contributed by atoms with E-state index in [0.29, 0.717) is 11.6 Å². The van der Waals surface area contributed by atoms with Gasteiger partial charge in [0.15, 0.2) is 0 Å². The van der Waals surface area contributed by atoms with Crippen molar-refractivity contribution in [1.82, 2.24) is 10.6 Å². The maximum atomic E-state index is 13.4. The first-order valence-corrected chi connectivity index (χ1v) is 6.46. The summed E-state index contributed by atoms with van der Waals surface area (Å²) in [7, 11) is 0. The van der Waals surface area contributed by atoms with Gasteiger partial charge in [0.2, 0.25) is 5.91 Å². The van der Waals surface area contributed by atoms with Gasteiger partial charge in [-0.15, -0.1) is 0 Å². The number of hydrogen-bond acceptors (Lipinski definition) is 2. The van der Waals surface area contributed by atoms with Gasteiger partial charge < -0.3 is 10.6 Å². The molecule has 0 spiro atoms. The fraction of sp³-hybridized carbons (Fsp3) is 0.385. The molecule has 102 valence electrons. The van der Waals surface area contributed by atoms with Gasteiger partial charge in [-0.1, -0.05) is 11.6 Å². The van der Waals surface area contributed by atoms with Gasteiger partial charge in [0.05, 0.1) is 5.56 Å². The van der Waals surface area contributed by atoms with Crippen LogP contribution >= 0.6 is 11.6 Å². The Labute approximate surface area is 115 Å². The molecule has 1 aromatic carbocycles. The monoisotopic (exact) mass is 284 g/mol. The second kappa shape index (κ2) is 6.02. The minimum Gasteiger partial charge on any atom is -0.354 e. The Balaban J connectivity index is 1.77. The molecule has 1 saturated carbocycles. The van der Waals surface area contributed by atoms with Crippen LogP contribution in [0.3, 0.4) is 0 Å². The second-order valence-corrected chi connectivity index (χ2v) is 4.88. The lowest BCUT2D eigenvalue weighted by Crippen LogP contribution is -2.35. The lowest BCUT2D eigenvalue weighted by Gasteiger charge is -2.07. The summed E-state index contributed by atoms with van der Waals surface area (Å²) in [6.07, 6.45) is 1.87. The third-order valence-electron chi connectivity index (χ3n) is 2.83. The van der Waals surface area contributed by atoms with Crippen molar-refractivity contribution in [3.63, 3.8) is 0 Å². The summed E-state index contributed by atoms with van der Waals surface area (Å²) in [5.74, 6) is -1.01. The normalized spacial score (nSPS) is 14.0. The second-order valence-electron chi connectivity index (χ2n) is 4.45. The van der Waals surface area contributed by atoms with Crippen LogP contribution in [0.4, 0.5) is 4.39 Å². The first-order valence-electron chi connectivity index (χ1n) is 6.09. The minimum atomic E-state index is -0.621. The summed E-state index contributed by atoms with van der Waals surface area (Å²) in [5, 5.41) is 5.53. The Morgan fingerprint density at radius 2 is 1.95 bits per heavy atom. The Morgan fingerprint density at radius 3 is 2.63 bits per heavy atom. The van der Waals surface area contributed by atoms with Crippen molar-refractivity contribution in [1.29, 1.82) is 0 Å². The minimum absolute atomic E-state index is 0.0168. The molecule has 1 aliphatic rings. The zero-order valence-electron chi connectivity index (χ0n) is 10.2. The van der Waals surface area contributed by atoms with E-state index in [-0.39, 0.29) is 23.9 Å². The number of hydrogen-bond donors (Lipinski definition) is 2. The first-order chi connectivity index (χ1) is 9.08. The van der Waals surface area contributed by atoms with Crippen LogP contribution in [0, 0.1) is 11.7 Å². The molecule has 0 saturated heterocycles. The van der Waals surface area contributed by atoms with Gasteiger partial charge in [0.1, 0.15) is 5.82 Å². The standard InChI is InChI=1S/C13H14ClFN2O2/c14-9-3-4-11(15)10(7-9)13(19)17-6-5-16-12(18)8-1-2-8/h3-4,7-8H,1-2,5-6H2,(H,16,18)(H,17,19). The quantitative estimate of drug-likeness (QED) is 0.809. The molecule has 1 aliphatic carbocycles. The molecular formula is C13H14ClFN2O2. The number of carbonyl (C=O) groups is 2. The van der Waals surface area contributed by atoms with Gasteiger partial charge in [0, 0.05) is 24.0 Å². The number of carbonyl (C=O) groups excluding carboxylic acids is 2. The Bertz CT molecular complexity index is 503. The van der Waals surface area contributed by atoms with Crippen LogP contribution in [-0.2, 0) is 4.79 Å². The van der Waals surface area contributed by atoms with E-state index in [9.17, 15) is 14.0 Å². The highest BCUT2D eigenvalue weighted by atomic mass is 35.5. The Hall–Kier alpha value is -1.62. The van der Waals surface area contributed by atoms with Crippen molar-refractivity contribution in [2.24, 2.45) is 5.92 Å². The van der Waals surface area contributed by atoms with E-state index in [1.807, 2.05) is 0 Å². The highest BCUT2D eigenvalue weighted by Crippen LogP contribution is 2.28. The number of benzene rings is 1. The lowest BCUT2D eigenvalue weighted by molar-refractivity contribution is -0.122. The average molecular weight is 285 g/mol. The summed E-state index contributed by atoms with van der Waals surface area (Å²) in [6, 6.07) is 3.80. The van der Waals surface area contributed by atoms with Gasteiger partial charge in [0.25, 0.3) is 5.91 Å². The fourth-order valence-corrected chi connectivity index (χ4v) is 1.79. The highest BCUT2D eigenvalue weighted by molar-refractivity contribution is 6.31. The van der Waals surface area contributed by atoms with Crippen molar-refractivity contribution in [3.8, 4) is 0 Å². The number of rotatable bonds is 5. The molecular weight excluding hydrogens is 271 g/mol. The maximum absolute atomic E-state index is 13.4. The van der Waals surface area contributed by atoms with E-state index >= 15 is 0 Å². The van der Waals surface area contributed by atoms with E-state index in [1.165, 1.54) is 12.1 Å². The summed E-state index contributed by atoms with van der Waals surface area (Å²) >= 11 is 5.70. The summed E-state index contributed by atoms with van der Waals surface area (Å²) in [5.41, 5.74) is -0.0963. The number of halogens is 2. The third-order valence-corrected chi connectivity index (χ3v) is 3.07. The molecule has 2 rings (SSSR count). The Morgan fingerprint density at radius 1 is 1.26 bits per heavy atom. The zero-order valence-corrected chi connectivity index (χ0v) is 11.0. The first kappa shape index (κ1) is 13.8. The van der Waals surface area contributed by atoms with Gasteiger partial charge in [-0.25, -0.2) is 4.39 Å². The van der Waals surface area contributed by atoms with Crippen molar-refractivity contribution < 1.29 is 14.0 Å². The van der Waals surface area contributed by atoms with Crippen molar-refractivity contribution in [2.75, 3.05) is 13.1 Å². The van der Waals surface area contributed by atoms with E-state index in [0.717, 1.165) is 18.9 Å². The zero-order chi connectivity index (χ0) is 13.8. The molecule has 19 heavy (non-hydrogen) atoms. The van der Waals surface area contributed by atoms with Crippen molar-refractivity contribution >= 4 is 23.4 Å². The van der Waals surface area contributed by atoms with Gasteiger partial charge in [-0.2, -0.15) is 0 Å². The summed E-state index contributed by atoms with van der Waals surface area (Å²) in [4.78, 5) is 23.0. The molecule has 2 amide bonds. The topological polar surface area (TPSA) is 58.2 Å². The SMILES string of the molecule is O=C(NCCNC(=O)C1CC1)c1cc(Cl)ccc1F. The van der Waals surface area contributed by atoms with Crippen LogP contribution in [-0.4, -0.2) is 24.9 Å². The van der Waals surface area contributed by atoms with Gasteiger partial charge in [-0.05, 0) is 31.0 Å². The van der Waals surface area contributed by atoms with Crippen LogP contribution in [0.15, 0.2) is 18.2 Å². The van der Waals surface area contributed by atoms with Crippen LogP contribution in [0.1, 0.15) is 23.2 Å². The molecule has 4 nitrogen and oxygen atoms in total. The molecule has 0 heterocycles. The lowest BCUT2D eigenvalue weighted by atomic mass is 10.2. The molecule has 1 aromatic rings. The van der Waals surface area contributed by atoms with Gasteiger partial charge >= 0.3 is 0 Å². The molecule has 1 fully saturated rings. The summed E-state index contributed by atoms with van der Waals surface area (Å²) in [6.45, 7) is 0.590. The highest BCUT2D eigenvalue weighted by Gasteiger charge is 2.29. The third kappa shape index (κ3) is 3.92. The molecule has 0 atom stereocenters. The molecule has 0 unspecified atom stereocenters. The predicted molar refractivity (Wildman–Crippen MR) is 69.5 cm³/mol. The molecule has 0 radical (unpaired) electrons. The Kier molecular flexibility index (Phi) is 4.37. The van der Waals surface area contributed by atoms with E-state index < -0.39 is 11.7 Å². The van der Waals surface area contributed by atoms with Crippen molar-refractivity contribution in [3.05, 3.63) is 34.6 Å². The largest absolute Gasteiger partial charge is 0.354 e.